The van der Waals surface area contributed by atoms with Gasteiger partial charge in [-0.3, -0.25) is 9.59 Å². The summed E-state index contributed by atoms with van der Waals surface area (Å²) in [5.74, 6) is -1.01. The summed E-state index contributed by atoms with van der Waals surface area (Å²) in [6.07, 6.45) is 2.38. The number of rotatable bonds is 3. The molecule has 1 aromatic rings. The van der Waals surface area contributed by atoms with Gasteiger partial charge in [-0.2, -0.15) is 0 Å². The second kappa shape index (κ2) is 7.33. The largest absolute Gasteiger partial charge is 0.480 e. The predicted octanol–water partition coefficient (Wildman–Crippen LogP) is 2.16. The summed E-state index contributed by atoms with van der Waals surface area (Å²) in [5, 5.41) is 9.43. The number of benzene rings is 1. The fourth-order valence-corrected chi connectivity index (χ4v) is 4.40. The molecule has 1 spiro atoms. The van der Waals surface area contributed by atoms with E-state index in [2.05, 4.69) is 13.0 Å². The van der Waals surface area contributed by atoms with E-state index in [0.717, 1.165) is 18.4 Å². The Morgan fingerprint density at radius 3 is 2.33 bits per heavy atom. The number of carboxylic acid groups (broad SMARTS) is 1. The Balaban J connectivity index is 1.61. The van der Waals surface area contributed by atoms with E-state index in [-0.39, 0.29) is 17.2 Å². The monoisotopic (exact) mass is 372 g/mol. The first kappa shape index (κ1) is 19.4. The van der Waals surface area contributed by atoms with Crippen LogP contribution in [-0.4, -0.2) is 58.4 Å². The Labute approximate surface area is 160 Å². The van der Waals surface area contributed by atoms with Crippen molar-refractivity contribution in [2.75, 3.05) is 19.6 Å². The molecule has 0 radical (unpaired) electrons. The zero-order chi connectivity index (χ0) is 19.8. The van der Waals surface area contributed by atoms with Gasteiger partial charge in [0.05, 0.1) is 6.42 Å². The summed E-state index contributed by atoms with van der Waals surface area (Å²) in [7, 11) is 0. The molecule has 2 saturated heterocycles. The van der Waals surface area contributed by atoms with Crippen LogP contribution in [0.5, 0.6) is 0 Å². The van der Waals surface area contributed by atoms with Gasteiger partial charge < -0.3 is 14.9 Å². The molecule has 2 fully saturated rings. The van der Waals surface area contributed by atoms with E-state index in [1.165, 1.54) is 23.0 Å². The number of carboxylic acids is 1. The zero-order valence-electron chi connectivity index (χ0n) is 16.3. The average Bonchev–Trinajstić information content (AvgIpc) is 2.99. The number of hydrogen-bond donors (Lipinski definition) is 1. The number of nitrogens with zero attached hydrogens (tertiary/aromatic N) is 2. The maximum Gasteiger partial charge on any atom is 0.326 e. The highest BCUT2D eigenvalue weighted by atomic mass is 16.4. The minimum Gasteiger partial charge on any atom is -0.480 e. The van der Waals surface area contributed by atoms with E-state index in [0.29, 0.717) is 32.5 Å². The van der Waals surface area contributed by atoms with E-state index in [1.807, 2.05) is 24.0 Å². The van der Waals surface area contributed by atoms with Crippen LogP contribution in [0.2, 0.25) is 0 Å². The molecular weight excluding hydrogens is 344 g/mol. The molecule has 6 heteroatoms. The van der Waals surface area contributed by atoms with E-state index >= 15 is 0 Å². The number of hydrogen-bond acceptors (Lipinski definition) is 3. The minimum atomic E-state index is -0.935. The number of likely N-dealkylation sites (tertiary alicyclic amines) is 2. The van der Waals surface area contributed by atoms with Crippen molar-refractivity contribution in [1.29, 1.82) is 0 Å². The quantitative estimate of drug-likeness (QED) is 0.882. The molecule has 0 bridgehead atoms. The highest BCUT2D eigenvalue weighted by Crippen LogP contribution is 2.43. The van der Waals surface area contributed by atoms with Crippen LogP contribution in [0.4, 0.5) is 0 Å². The molecule has 2 heterocycles. The van der Waals surface area contributed by atoms with Crippen LogP contribution >= 0.6 is 0 Å². The lowest BCUT2D eigenvalue weighted by Gasteiger charge is -2.39. The van der Waals surface area contributed by atoms with Crippen molar-refractivity contribution in [2.45, 2.75) is 52.5 Å². The van der Waals surface area contributed by atoms with E-state index in [9.17, 15) is 19.5 Å². The molecule has 1 aromatic carbocycles. The summed E-state index contributed by atoms with van der Waals surface area (Å²) in [6.45, 7) is 7.27. The summed E-state index contributed by atoms with van der Waals surface area (Å²) in [5.41, 5.74) is 3.26. The smallest absolute Gasteiger partial charge is 0.326 e. The van der Waals surface area contributed by atoms with E-state index in [4.69, 9.17) is 0 Å². The number of carbonyl (C=O) groups excluding carboxylic acids is 2. The Kier molecular flexibility index (Phi) is 5.27. The first-order valence-electron chi connectivity index (χ1n) is 9.55. The van der Waals surface area contributed by atoms with Crippen molar-refractivity contribution in [3.8, 4) is 0 Å². The SMILES string of the molecule is CC(=O)N1CC2(CCN(C(=O)Cc3ccc(C)c(C)c3)CC2)C[C@H]1C(=O)O. The summed E-state index contributed by atoms with van der Waals surface area (Å²) < 4.78 is 0. The van der Waals surface area contributed by atoms with Gasteiger partial charge in [0.2, 0.25) is 11.8 Å². The van der Waals surface area contributed by atoms with Crippen molar-refractivity contribution in [3.63, 3.8) is 0 Å². The fourth-order valence-electron chi connectivity index (χ4n) is 4.40. The number of carbonyl (C=O) groups is 3. The molecule has 1 N–H and O–H groups in total. The second-order valence-corrected chi connectivity index (χ2v) is 8.18. The first-order valence-corrected chi connectivity index (χ1v) is 9.55. The second-order valence-electron chi connectivity index (χ2n) is 8.18. The van der Waals surface area contributed by atoms with Crippen LogP contribution in [0, 0.1) is 19.3 Å². The van der Waals surface area contributed by atoms with Crippen LogP contribution in [0.25, 0.3) is 0 Å². The fraction of sp³-hybridized carbons (Fsp3) is 0.571. The minimum absolute atomic E-state index is 0.115. The molecule has 2 amide bonds. The van der Waals surface area contributed by atoms with Crippen molar-refractivity contribution in [2.24, 2.45) is 5.41 Å². The molecule has 0 unspecified atom stereocenters. The van der Waals surface area contributed by atoms with E-state index in [1.54, 1.807) is 0 Å². The molecule has 2 aliphatic heterocycles. The third-order valence-electron chi connectivity index (χ3n) is 6.30. The molecular formula is C21H28N2O4. The average molecular weight is 372 g/mol. The Bertz CT molecular complexity index is 741. The Hall–Kier alpha value is -2.37. The van der Waals surface area contributed by atoms with Crippen molar-refractivity contribution < 1.29 is 19.5 Å². The van der Waals surface area contributed by atoms with Gasteiger partial charge in [-0.25, -0.2) is 4.79 Å². The normalized spacial score (nSPS) is 21.5. The third kappa shape index (κ3) is 3.99. The molecule has 0 saturated carbocycles. The van der Waals surface area contributed by atoms with Crippen molar-refractivity contribution in [3.05, 3.63) is 34.9 Å². The topological polar surface area (TPSA) is 77.9 Å². The van der Waals surface area contributed by atoms with Crippen LogP contribution < -0.4 is 0 Å². The summed E-state index contributed by atoms with van der Waals surface area (Å²) in [4.78, 5) is 39.4. The van der Waals surface area contributed by atoms with E-state index < -0.39 is 12.0 Å². The number of amides is 2. The molecule has 1 atom stereocenters. The molecule has 6 nitrogen and oxygen atoms in total. The number of aliphatic carboxylic acids is 1. The van der Waals surface area contributed by atoms with Gasteiger partial charge in [0.1, 0.15) is 6.04 Å². The Morgan fingerprint density at radius 2 is 1.81 bits per heavy atom. The van der Waals surface area contributed by atoms with Crippen molar-refractivity contribution >= 4 is 17.8 Å². The van der Waals surface area contributed by atoms with Crippen molar-refractivity contribution in [1.82, 2.24) is 9.80 Å². The Morgan fingerprint density at radius 1 is 1.15 bits per heavy atom. The van der Waals surface area contributed by atoms with Crippen LogP contribution in [0.1, 0.15) is 42.9 Å². The van der Waals surface area contributed by atoms with Crippen LogP contribution in [0.3, 0.4) is 0 Å². The van der Waals surface area contributed by atoms with Crippen LogP contribution in [0.15, 0.2) is 18.2 Å². The van der Waals surface area contributed by atoms with Gasteiger partial charge >= 0.3 is 5.97 Å². The van der Waals surface area contributed by atoms with Gasteiger partial charge in [-0.15, -0.1) is 0 Å². The van der Waals surface area contributed by atoms with Gasteiger partial charge in [0, 0.05) is 26.6 Å². The maximum atomic E-state index is 12.7. The number of piperidine rings is 1. The van der Waals surface area contributed by atoms with Gasteiger partial charge in [-0.1, -0.05) is 18.2 Å². The molecule has 27 heavy (non-hydrogen) atoms. The standard InChI is InChI=1S/C21H28N2O4/c1-14-4-5-17(10-15(14)2)11-19(25)22-8-6-21(7-9-22)12-18(20(26)27)23(13-21)16(3)24/h4-5,10,18H,6-9,11-13H2,1-3H3,(H,26,27)/t18-/m0/s1. The molecule has 2 aliphatic rings. The summed E-state index contributed by atoms with van der Waals surface area (Å²) >= 11 is 0. The molecule has 146 valence electrons. The van der Waals surface area contributed by atoms with Gasteiger partial charge in [0.15, 0.2) is 0 Å². The highest BCUT2D eigenvalue weighted by molar-refractivity contribution is 5.83. The lowest BCUT2D eigenvalue weighted by atomic mass is 9.76. The lowest BCUT2D eigenvalue weighted by molar-refractivity contribution is -0.147. The summed E-state index contributed by atoms with van der Waals surface area (Å²) in [6, 6.07) is 5.38. The van der Waals surface area contributed by atoms with Crippen LogP contribution in [-0.2, 0) is 20.8 Å². The number of aryl methyl sites for hydroxylation is 2. The molecule has 0 aliphatic carbocycles. The molecule has 0 aromatic heterocycles. The molecule has 3 rings (SSSR count). The third-order valence-corrected chi connectivity index (χ3v) is 6.30. The highest BCUT2D eigenvalue weighted by Gasteiger charge is 2.49. The maximum absolute atomic E-state index is 12.7. The lowest BCUT2D eigenvalue weighted by Crippen LogP contribution is -2.45. The van der Waals surface area contributed by atoms with Gasteiger partial charge in [-0.05, 0) is 55.2 Å². The zero-order valence-corrected chi connectivity index (χ0v) is 16.3. The predicted molar refractivity (Wildman–Crippen MR) is 101 cm³/mol. The van der Waals surface area contributed by atoms with Gasteiger partial charge in [0.25, 0.3) is 0 Å². The first-order chi connectivity index (χ1) is 12.7.